The Morgan fingerprint density at radius 1 is 1.50 bits per heavy atom. The zero-order chi connectivity index (χ0) is 10.6. The van der Waals surface area contributed by atoms with Crippen molar-refractivity contribution in [1.29, 1.82) is 5.26 Å². The van der Waals surface area contributed by atoms with E-state index in [0.29, 0.717) is 18.4 Å². The molecule has 0 saturated carbocycles. The molecule has 0 heterocycles. The minimum atomic E-state index is -0.873. The van der Waals surface area contributed by atoms with Crippen LogP contribution in [0.4, 0.5) is 4.39 Å². The first-order valence-corrected chi connectivity index (χ1v) is 4.49. The molecule has 0 aliphatic rings. The van der Waals surface area contributed by atoms with E-state index in [4.69, 9.17) is 11.0 Å². The van der Waals surface area contributed by atoms with Crippen molar-refractivity contribution in [2.45, 2.75) is 25.3 Å². The van der Waals surface area contributed by atoms with Gasteiger partial charge >= 0.3 is 0 Å². The lowest BCUT2D eigenvalue weighted by molar-refractivity contribution is 0.531. The molecule has 1 aromatic carbocycles. The summed E-state index contributed by atoms with van der Waals surface area (Å²) in [5, 5.41) is 8.67. The van der Waals surface area contributed by atoms with Gasteiger partial charge in [-0.1, -0.05) is 18.2 Å². The molecule has 0 amide bonds. The van der Waals surface area contributed by atoms with Gasteiger partial charge in [0.1, 0.15) is 11.4 Å². The number of hydrogen-bond donors (Lipinski definition) is 1. The predicted octanol–water partition coefficient (Wildman–Crippen LogP) is 2.00. The fraction of sp³-hybridized carbons (Fsp3) is 0.364. The van der Waals surface area contributed by atoms with Gasteiger partial charge < -0.3 is 5.73 Å². The number of nitrogens with zero attached hydrogens (tertiary/aromatic N) is 1. The van der Waals surface area contributed by atoms with Gasteiger partial charge in [0.15, 0.2) is 0 Å². The van der Waals surface area contributed by atoms with Gasteiger partial charge in [-0.15, -0.1) is 0 Å². The standard InChI is InChI=1S/C11H13FN2/c1-11(14,8-13)7-6-9-4-2-3-5-10(9)12/h2-5H,6-7,14H2,1H3. The number of nitrogens with two attached hydrogens (primary N) is 1. The van der Waals surface area contributed by atoms with Crippen LogP contribution >= 0.6 is 0 Å². The summed E-state index contributed by atoms with van der Waals surface area (Å²) in [4.78, 5) is 0. The molecular weight excluding hydrogens is 179 g/mol. The second kappa shape index (κ2) is 4.21. The molecule has 1 atom stereocenters. The lowest BCUT2D eigenvalue weighted by atomic mass is 9.96. The maximum absolute atomic E-state index is 13.1. The average molecular weight is 192 g/mol. The highest BCUT2D eigenvalue weighted by atomic mass is 19.1. The largest absolute Gasteiger partial charge is 0.314 e. The molecule has 0 saturated heterocycles. The first-order chi connectivity index (χ1) is 6.55. The van der Waals surface area contributed by atoms with E-state index in [1.807, 2.05) is 6.07 Å². The minimum absolute atomic E-state index is 0.235. The van der Waals surface area contributed by atoms with Gasteiger partial charge in [-0.2, -0.15) is 5.26 Å². The van der Waals surface area contributed by atoms with Crippen LogP contribution in [-0.2, 0) is 6.42 Å². The summed E-state index contributed by atoms with van der Waals surface area (Å²) in [6.07, 6.45) is 0.956. The summed E-state index contributed by atoms with van der Waals surface area (Å²) in [7, 11) is 0. The number of benzene rings is 1. The van der Waals surface area contributed by atoms with Crippen molar-refractivity contribution in [3.63, 3.8) is 0 Å². The normalized spacial score (nSPS) is 14.4. The number of halogens is 1. The Bertz CT molecular complexity index is 353. The highest BCUT2D eigenvalue weighted by Gasteiger charge is 2.17. The minimum Gasteiger partial charge on any atom is -0.314 e. The fourth-order valence-electron chi connectivity index (χ4n) is 1.15. The van der Waals surface area contributed by atoms with Crippen LogP contribution in [0.5, 0.6) is 0 Å². The maximum atomic E-state index is 13.1. The Balaban J connectivity index is 2.64. The Kier molecular flexibility index (Phi) is 3.21. The molecule has 0 radical (unpaired) electrons. The highest BCUT2D eigenvalue weighted by Crippen LogP contribution is 2.13. The maximum Gasteiger partial charge on any atom is 0.126 e. The Hall–Kier alpha value is -1.40. The molecule has 0 aromatic heterocycles. The van der Waals surface area contributed by atoms with Crippen molar-refractivity contribution in [2.75, 3.05) is 0 Å². The second-order valence-corrected chi connectivity index (χ2v) is 3.62. The molecule has 14 heavy (non-hydrogen) atoms. The molecule has 1 aromatic rings. The van der Waals surface area contributed by atoms with Crippen molar-refractivity contribution >= 4 is 0 Å². The van der Waals surface area contributed by atoms with Gasteiger partial charge in [-0.3, -0.25) is 0 Å². The van der Waals surface area contributed by atoms with E-state index >= 15 is 0 Å². The van der Waals surface area contributed by atoms with Crippen molar-refractivity contribution in [3.05, 3.63) is 35.6 Å². The van der Waals surface area contributed by atoms with E-state index in [0.717, 1.165) is 0 Å². The molecule has 1 rings (SSSR count). The number of aryl methyl sites for hydroxylation is 1. The topological polar surface area (TPSA) is 49.8 Å². The number of rotatable bonds is 3. The molecule has 3 heteroatoms. The second-order valence-electron chi connectivity index (χ2n) is 3.62. The van der Waals surface area contributed by atoms with Crippen molar-refractivity contribution in [1.82, 2.24) is 0 Å². The smallest absolute Gasteiger partial charge is 0.126 e. The van der Waals surface area contributed by atoms with Gasteiger partial charge in [0.05, 0.1) is 6.07 Å². The first kappa shape index (κ1) is 10.7. The van der Waals surface area contributed by atoms with Crippen LogP contribution in [0, 0.1) is 17.1 Å². The lowest BCUT2D eigenvalue weighted by Gasteiger charge is -2.14. The van der Waals surface area contributed by atoms with Gasteiger partial charge in [0, 0.05) is 0 Å². The van der Waals surface area contributed by atoms with Gasteiger partial charge in [-0.25, -0.2) is 4.39 Å². The summed E-state index contributed by atoms with van der Waals surface area (Å²) in [5.74, 6) is -0.235. The van der Waals surface area contributed by atoms with Crippen LogP contribution in [0.25, 0.3) is 0 Å². The molecule has 2 N–H and O–H groups in total. The SMILES string of the molecule is CC(N)(C#N)CCc1ccccc1F. The Morgan fingerprint density at radius 3 is 2.71 bits per heavy atom. The van der Waals surface area contributed by atoms with E-state index < -0.39 is 5.54 Å². The Morgan fingerprint density at radius 2 is 2.14 bits per heavy atom. The lowest BCUT2D eigenvalue weighted by Crippen LogP contribution is -2.34. The van der Waals surface area contributed by atoms with E-state index in [1.54, 1.807) is 25.1 Å². The summed E-state index contributed by atoms with van der Waals surface area (Å²) >= 11 is 0. The highest BCUT2D eigenvalue weighted by molar-refractivity contribution is 5.18. The third kappa shape index (κ3) is 2.82. The third-order valence-corrected chi connectivity index (χ3v) is 2.13. The quantitative estimate of drug-likeness (QED) is 0.796. The van der Waals surface area contributed by atoms with E-state index in [-0.39, 0.29) is 5.82 Å². The molecule has 1 unspecified atom stereocenters. The van der Waals surface area contributed by atoms with Gasteiger partial charge in [-0.05, 0) is 31.4 Å². The molecule has 0 aliphatic heterocycles. The number of hydrogen-bond acceptors (Lipinski definition) is 2. The molecule has 2 nitrogen and oxygen atoms in total. The van der Waals surface area contributed by atoms with Gasteiger partial charge in [0.2, 0.25) is 0 Å². The fourth-order valence-corrected chi connectivity index (χ4v) is 1.15. The monoisotopic (exact) mass is 192 g/mol. The number of nitriles is 1. The Labute approximate surface area is 83.2 Å². The summed E-state index contributed by atoms with van der Waals surface area (Å²) in [6.45, 7) is 1.65. The van der Waals surface area contributed by atoms with Crippen LogP contribution in [0.15, 0.2) is 24.3 Å². The molecule has 0 aliphatic carbocycles. The van der Waals surface area contributed by atoms with E-state index in [9.17, 15) is 4.39 Å². The summed E-state index contributed by atoms with van der Waals surface area (Å²) < 4.78 is 13.1. The summed E-state index contributed by atoms with van der Waals surface area (Å²) in [6, 6.07) is 8.53. The van der Waals surface area contributed by atoms with Crippen LogP contribution in [0.1, 0.15) is 18.9 Å². The van der Waals surface area contributed by atoms with Crippen LogP contribution in [0.3, 0.4) is 0 Å². The van der Waals surface area contributed by atoms with Crippen molar-refractivity contribution in [3.8, 4) is 6.07 Å². The molecule has 0 fully saturated rings. The molecule has 0 bridgehead atoms. The molecular formula is C11H13FN2. The molecule has 0 spiro atoms. The molecule has 74 valence electrons. The zero-order valence-electron chi connectivity index (χ0n) is 8.13. The van der Waals surface area contributed by atoms with Crippen LogP contribution in [-0.4, -0.2) is 5.54 Å². The van der Waals surface area contributed by atoms with Crippen molar-refractivity contribution < 1.29 is 4.39 Å². The van der Waals surface area contributed by atoms with E-state index in [1.165, 1.54) is 6.07 Å². The zero-order valence-corrected chi connectivity index (χ0v) is 8.13. The average Bonchev–Trinajstić information content (AvgIpc) is 2.17. The predicted molar refractivity (Wildman–Crippen MR) is 52.9 cm³/mol. The first-order valence-electron chi connectivity index (χ1n) is 4.49. The van der Waals surface area contributed by atoms with Gasteiger partial charge in [0.25, 0.3) is 0 Å². The van der Waals surface area contributed by atoms with E-state index in [2.05, 4.69) is 0 Å². The summed E-state index contributed by atoms with van der Waals surface area (Å²) in [5.41, 5.74) is 5.37. The van der Waals surface area contributed by atoms with Crippen molar-refractivity contribution in [2.24, 2.45) is 5.73 Å². The third-order valence-electron chi connectivity index (χ3n) is 2.13. The van der Waals surface area contributed by atoms with Crippen LogP contribution in [0.2, 0.25) is 0 Å². The van der Waals surface area contributed by atoms with Crippen LogP contribution < -0.4 is 5.73 Å².